The Morgan fingerprint density at radius 2 is 0.756 bits per heavy atom. The lowest BCUT2D eigenvalue weighted by atomic mass is 9.78. The van der Waals surface area contributed by atoms with Crippen LogP contribution >= 0.6 is 0 Å². The van der Waals surface area contributed by atoms with Crippen LogP contribution < -0.4 is 10.2 Å². The first-order valence-corrected chi connectivity index (χ1v) is 15.1. The molecular weight excluding hydrogens is 574 g/mol. The number of carboxylic acids is 1. The molecule has 242 valence electrons. The predicted molar refractivity (Wildman–Crippen MR) is 177 cm³/mol. The molecule has 0 aliphatic heterocycles. The first-order chi connectivity index (χ1) is 20.4. The number of carbonyl (C=O) groups is 3. The van der Waals surface area contributed by atoms with Gasteiger partial charge in [-0.3, -0.25) is 9.59 Å². The smallest absolute Gasteiger partial charge is 0.337 e. The van der Waals surface area contributed by atoms with Crippen molar-refractivity contribution in [2.75, 3.05) is 10.2 Å². The second-order valence-electron chi connectivity index (χ2n) is 15.6. The molecule has 0 aromatic heterocycles. The molecule has 0 fully saturated rings. The lowest BCUT2D eigenvalue weighted by molar-refractivity contribution is 0.0684. The van der Waals surface area contributed by atoms with Crippen LogP contribution in [-0.2, 0) is 21.7 Å². The molecule has 0 aliphatic carbocycles. The van der Waals surface area contributed by atoms with Crippen molar-refractivity contribution in [1.82, 2.24) is 0 Å². The van der Waals surface area contributed by atoms with Gasteiger partial charge in [0.1, 0.15) is 0 Å². The third-order valence-corrected chi connectivity index (χ3v) is 7.79. The van der Waals surface area contributed by atoms with E-state index in [1.165, 1.54) is 6.07 Å². The van der Waals surface area contributed by atoms with Crippen LogP contribution in [0.1, 0.15) is 136 Å². The van der Waals surface area contributed by atoms with Gasteiger partial charge in [0, 0.05) is 0 Å². The van der Waals surface area contributed by atoms with Crippen LogP contribution in [-0.4, -0.2) is 22.9 Å². The normalized spacial score (nSPS) is 12.6. The van der Waals surface area contributed by atoms with Gasteiger partial charge in [-0.25, -0.2) is 4.79 Å². The van der Waals surface area contributed by atoms with Crippen LogP contribution in [0.4, 0.5) is 20.3 Å². The summed E-state index contributed by atoms with van der Waals surface area (Å²) in [5, 5.41) is 10.2. The standard InChI is InChI=1S/C37H46F2N2O4/c1-34(2,3)24-18-14-19-25(35(4,5)6)29(24)40(38)31(42)22-16-13-17-23(28(22)33(44)45)32(43)41(39)30-26(36(7,8)9)20-15-21-27(30)37(10,11)12/h13-21H,1-12H3,(H,44,45). The van der Waals surface area contributed by atoms with Crippen LogP contribution in [0.15, 0.2) is 54.6 Å². The Kier molecular flexibility index (Phi) is 9.46. The highest BCUT2D eigenvalue weighted by Crippen LogP contribution is 2.43. The van der Waals surface area contributed by atoms with E-state index in [2.05, 4.69) is 0 Å². The summed E-state index contributed by atoms with van der Waals surface area (Å²) in [7, 11) is 0. The zero-order valence-corrected chi connectivity index (χ0v) is 28.5. The summed E-state index contributed by atoms with van der Waals surface area (Å²) in [6.45, 7) is 22.6. The molecule has 2 amide bonds. The molecule has 0 saturated heterocycles. The average molecular weight is 621 g/mol. The minimum Gasteiger partial charge on any atom is -0.478 e. The van der Waals surface area contributed by atoms with Crippen LogP contribution in [0, 0.1) is 0 Å². The van der Waals surface area contributed by atoms with Gasteiger partial charge in [0.25, 0.3) is 11.8 Å². The van der Waals surface area contributed by atoms with Gasteiger partial charge >= 0.3 is 5.97 Å². The Labute approximate surface area is 265 Å². The minimum atomic E-state index is -1.66. The summed E-state index contributed by atoms with van der Waals surface area (Å²) < 4.78 is 33.0. The van der Waals surface area contributed by atoms with Gasteiger partial charge in [0.05, 0.1) is 28.1 Å². The molecule has 0 unspecified atom stereocenters. The Morgan fingerprint density at radius 3 is 0.978 bits per heavy atom. The number of hydrogen-bond acceptors (Lipinski definition) is 3. The van der Waals surface area contributed by atoms with Crippen molar-refractivity contribution < 1.29 is 28.5 Å². The predicted octanol–water partition coefficient (Wildman–Crippen LogP) is 9.64. The number of amides is 2. The van der Waals surface area contributed by atoms with E-state index in [4.69, 9.17) is 0 Å². The number of nitrogens with zero attached hydrogens (tertiary/aromatic N) is 2. The number of halogens is 2. The van der Waals surface area contributed by atoms with E-state index in [-0.39, 0.29) is 21.6 Å². The van der Waals surface area contributed by atoms with Crippen molar-refractivity contribution in [1.29, 1.82) is 0 Å². The number of carbonyl (C=O) groups excluding carboxylic acids is 2. The summed E-state index contributed by atoms with van der Waals surface area (Å²) in [4.78, 5) is 40.5. The van der Waals surface area contributed by atoms with E-state index >= 15 is 8.96 Å². The number of benzene rings is 3. The number of rotatable bonds is 5. The van der Waals surface area contributed by atoms with Crippen LogP contribution in [0.3, 0.4) is 0 Å². The number of para-hydroxylation sites is 2. The monoisotopic (exact) mass is 620 g/mol. The van der Waals surface area contributed by atoms with Gasteiger partial charge in [0.15, 0.2) is 0 Å². The third-order valence-electron chi connectivity index (χ3n) is 7.79. The maximum absolute atomic E-state index is 16.5. The lowest BCUT2D eigenvalue weighted by Gasteiger charge is -2.32. The van der Waals surface area contributed by atoms with Gasteiger partial charge in [-0.05, 0) is 56.0 Å². The topological polar surface area (TPSA) is 77.9 Å². The molecule has 0 radical (unpaired) electrons. The fourth-order valence-electron chi connectivity index (χ4n) is 5.48. The van der Waals surface area contributed by atoms with Crippen molar-refractivity contribution in [2.45, 2.75) is 105 Å². The van der Waals surface area contributed by atoms with Crippen molar-refractivity contribution in [2.24, 2.45) is 0 Å². The van der Waals surface area contributed by atoms with E-state index in [0.717, 1.165) is 12.1 Å². The molecule has 3 aromatic carbocycles. The number of hydrogen-bond donors (Lipinski definition) is 1. The molecule has 3 rings (SSSR count). The highest BCUT2D eigenvalue weighted by molar-refractivity contribution is 6.18. The van der Waals surface area contributed by atoms with Gasteiger partial charge in [-0.1, -0.05) is 135 Å². The van der Waals surface area contributed by atoms with E-state index in [9.17, 15) is 19.5 Å². The molecule has 0 atom stereocenters. The van der Waals surface area contributed by atoms with Gasteiger partial charge < -0.3 is 5.11 Å². The van der Waals surface area contributed by atoms with Crippen molar-refractivity contribution >= 4 is 29.2 Å². The SMILES string of the molecule is CC(C)(C)c1cccc(C(C)(C)C)c1N(F)C(=O)c1cccc(C(=O)N(F)c2c(C(C)(C)C)cccc2C(C)(C)C)c1C(=O)O. The summed E-state index contributed by atoms with van der Waals surface area (Å²) in [6, 6.07) is 14.0. The molecule has 0 heterocycles. The molecule has 0 aliphatic rings. The maximum Gasteiger partial charge on any atom is 0.337 e. The zero-order chi connectivity index (χ0) is 34.4. The van der Waals surface area contributed by atoms with E-state index in [1.807, 2.05) is 83.1 Å². The first-order valence-electron chi connectivity index (χ1n) is 15.1. The molecule has 8 heteroatoms. The largest absolute Gasteiger partial charge is 0.478 e. The lowest BCUT2D eigenvalue weighted by Crippen LogP contribution is -2.33. The summed E-state index contributed by atoms with van der Waals surface area (Å²) in [5.41, 5.74) is -2.05. The first kappa shape index (κ1) is 35.4. The molecule has 45 heavy (non-hydrogen) atoms. The summed E-state index contributed by atoms with van der Waals surface area (Å²) >= 11 is 0. The van der Waals surface area contributed by atoms with Crippen LogP contribution in [0.25, 0.3) is 0 Å². The summed E-state index contributed by atoms with van der Waals surface area (Å²) in [5.74, 6) is -4.22. The van der Waals surface area contributed by atoms with Crippen molar-refractivity contribution in [3.8, 4) is 0 Å². The number of anilines is 2. The van der Waals surface area contributed by atoms with Crippen LogP contribution in [0.5, 0.6) is 0 Å². The second kappa shape index (κ2) is 12.0. The fourth-order valence-corrected chi connectivity index (χ4v) is 5.48. The number of aromatic carboxylic acids is 1. The van der Waals surface area contributed by atoms with E-state index < -0.39 is 56.1 Å². The zero-order valence-electron chi connectivity index (χ0n) is 28.5. The Bertz CT molecular complexity index is 1460. The van der Waals surface area contributed by atoms with Crippen LogP contribution in [0.2, 0.25) is 0 Å². The molecule has 0 spiro atoms. The Morgan fingerprint density at radius 1 is 0.511 bits per heavy atom. The van der Waals surface area contributed by atoms with Gasteiger partial charge in [-0.2, -0.15) is 0 Å². The van der Waals surface area contributed by atoms with Crippen molar-refractivity contribution in [3.05, 3.63) is 93.5 Å². The van der Waals surface area contributed by atoms with E-state index in [1.54, 1.807) is 36.4 Å². The minimum absolute atomic E-state index is 0.0107. The molecule has 0 saturated carbocycles. The fraction of sp³-hybridized carbons (Fsp3) is 0.432. The highest BCUT2D eigenvalue weighted by atomic mass is 19.2. The van der Waals surface area contributed by atoms with Crippen molar-refractivity contribution in [3.63, 3.8) is 0 Å². The Hall–Kier alpha value is -4.07. The number of carboxylic acid groups (broad SMARTS) is 1. The quantitative estimate of drug-likeness (QED) is 0.288. The van der Waals surface area contributed by atoms with Gasteiger partial charge in [0.2, 0.25) is 0 Å². The molecule has 3 aromatic rings. The second-order valence-corrected chi connectivity index (χ2v) is 15.6. The molecule has 6 nitrogen and oxygen atoms in total. The molecule has 1 N–H and O–H groups in total. The average Bonchev–Trinajstić information content (AvgIpc) is 2.92. The summed E-state index contributed by atoms with van der Waals surface area (Å²) in [6.07, 6.45) is 0. The van der Waals surface area contributed by atoms with E-state index in [0.29, 0.717) is 22.3 Å². The van der Waals surface area contributed by atoms with Gasteiger partial charge in [-0.15, -0.1) is 10.2 Å². The highest BCUT2D eigenvalue weighted by Gasteiger charge is 2.37. The molecular formula is C37H46F2N2O4. The third kappa shape index (κ3) is 7.10. The Balaban J connectivity index is 2.27. The molecule has 0 bridgehead atoms. The maximum atomic E-state index is 16.5.